The highest BCUT2D eigenvalue weighted by atomic mass is 16.5. The van der Waals surface area contributed by atoms with Crippen LogP contribution in [0.3, 0.4) is 0 Å². The average Bonchev–Trinajstić information content (AvgIpc) is 2.04. The van der Waals surface area contributed by atoms with E-state index in [0.717, 1.165) is 6.42 Å². The predicted molar refractivity (Wildman–Crippen MR) is 47.2 cm³/mol. The number of hydrogen-bond donors (Lipinski definition) is 1. The third-order valence-corrected chi connectivity index (χ3v) is 1.69. The maximum atomic E-state index is 10.7. The van der Waals surface area contributed by atoms with Gasteiger partial charge in [-0.15, -0.1) is 6.42 Å². The molecule has 0 spiro atoms. The maximum absolute atomic E-state index is 10.7. The van der Waals surface area contributed by atoms with Crippen LogP contribution in [0.1, 0.15) is 19.8 Å². The number of amides is 1. The lowest BCUT2D eigenvalue weighted by atomic mass is 10.0. The van der Waals surface area contributed by atoms with Gasteiger partial charge in [-0.25, -0.2) is 0 Å². The van der Waals surface area contributed by atoms with Gasteiger partial charge >= 0.3 is 0 Å². The van der Waals surface area contributed by atoms with Crippen LogP contribution in [0.5, 0.6) is 0 Å². The van der Waals surface area contributed by atoms with Gasteiger partial charge < -0.3 is 10.5 Å². The van der Waals surface area contributed by atoms with E-state index in [1.54, 1.807) is 0 Å². The van der Waals surface area contributed by atoms with Crippen LogP contribution in [0.25, 0.3) is 0 Å². The molecule has 0 fully saturated rings. The zero-order chi connectivity index (χ0) is 9.40. The number of carbonyl (C=O) groups excluding carboxylic acids is 1. The average molecular weight is 169 g/mol. The van der Waals surface area contributed by atoms with Crippen molar-refractivity contribution in [2.24, 2.45) is 11.7 Å². The summed E-state index contributed by atoms with van der Waals surface area (Å²) in [7, 11) is 0. The summed E-state index contributed by atoms with van der Waals surface area (Å²) in [5, 5.41) is 0. The van der Waals surface area contributed by atoms with Crippen molar-refractivity contribution in [3.05, 3.63) is 0 Å². The first-order chi connectivity index (χ1) is 5.72. The Bertz CT molecular complexity index is 172. The normalized spacial score (nSPS) is 12.0. The van der Waals surface area contributed by atoms with Crippen LogP contribution < -0.4 is 5.73 Å². The first kappa shape index (κ1) is 11.0. The smallest absolute Gasteiger partial charge is 0.220 e. The second-order valence-corrected chi connectivity index (χ2v) is 2.55. The zero-order valence-electron chi connectivity index (χ0n) is 7.38. The summed E-state index contributed by atoms with van der Waals surface area (Å²) in [6.07, 6.45) is 6.39. The van der Waals surface area contributed by atoms with Crippen LogP contribution in [-0.2, 0) is 9.53 Å². The Morgan fingerprint density at radius 1 is 1.75 bits per heavy atom. The number of hydrogen-bond acceptors (Lipinski definition) is 2. The molecule has 0 radical (unpaired) electrons. The highest BCUT2D eigenvalue weighted by Gasteiger charge is 2.11. The number of terminal acetylenes is 1. The van der Waals surface area contributed by atoms with E-state index < -0.39 is 0 Å². The molecular formula is C9H15NO2. The van der Waals surface area contributed by atoms with Crippen molar-refractivity contribution in [1.29, 1.82) is 0 Å². The lowest BCUT2D eigenvalue weighted by Crippen LogP contribution is -2.23. The van der Waals surface area contributed by atoms with Gasteiger partial charge in [0.25, 0.3) is 0 Å². The third kappa shape index (κ3) is 4.75. The largest absolute Gasteiger partial charge is 0.369 e. The fraction of sp³-hybridized carbons (Fsp3) is 0.667. The van der Waals surface area contributed by atoms with Gasteiger partial charge in [-0.3, -0.25) is 4.79 Å². The Morgan fingerprint density at radius 2 is 2.42 bits per heavy atom. The molecule has 2 N–H and O–H groups in total. The first-order valence-corrected chi connectivity index (χ1v) is 4.02. The Labute approximate surface area is 73.3 Å². The van der Waals surface area contributed by atoms with E-state index in [9.17, 15) is 4.79 Å². The number of ether oxygens (including phenoxy) is 1. The summed E-state index contributed by atoms with van der Waals surface area (Å²) in [6.45, 7) is 2.73. The van der Waals surface area contributed by atoms with Gasteiger partial charge in [0.15, 0.2) is 0 Å². The van der Waals surface area contributed by atoms with Gasteiger partial charge in [-0.1, -0.05) is 12.8 Å². The van der Waals surface area contributed by atoms with E-state index >= 15 is 0 Å². The maximum Gasteiger partial charge on any atom is 0.220 e. The minimum atomic E-state index is -0.262. The SMILES string of the molecule is C#CCOCCC(CC)C(N)=O. The van der Waals surface area contributed by atoms with E-state index in [-0.39, 0.29) is 11.8 Å². The predicted octanol–water partition coefficient (Wildman–Crippen LogP) is 0.538. The minimum Gasteiger partial charge on any atom is -0.369 e. The van der Waals surface area contributed by atoms with Gasteiger partial charge in [-0.2, -0.15) is 0 Å². The summed E-state index contributed by atoms with van der Waals surface area (Å²) < 4.78 is 5.02. The summed E-state index contributed by atoms with van der Waals surface area (Å²) in [6, 6.07) is 0. The molecule has 0 aliphatic heterocycles. The van der Waals surface area contributed by atoms with Crippen LogP contribution in [0, 0.1) is 18.3 Å². The molecule has 0 aromatic rings. The van der Waals surface area contributed by atoms with E-state index in [1.165, 1.54) is 0 Å². The summed E-state index contributed by atoms with van der Waals surface area (Å²) >= 11 is 0. The Balaban J connectivity index is 3.46. The molecule has 0 rings (SSSR count). The molecule has 3 nitrogen and oxygen atoms in total. The first-order valence-electron chi connectivity index (χ1n) is 4.02. The number of nitrogens with two attached hydrogens (primary N) is 1. The van der Waals surface area contributed by atoms with Gasteiger partial charge in [0, 0.05) is 12.5 Å². The van der Waals surface area contributed by atoms with Gasteiger partial charge in [-0.05, 0) is 12.8 Å². The zero-order valence-corrected chi connectivity index (χ0v) is 7.38. The quantitative estimate of drug-likeness (QED) is 0.466. The van der Waals surface area contributed by atoms with Crippen LogP contribution in [0.2, 0.25) is 0 Å². The molecule has 3 heteroatoms. The Hall–Kier alpha value is -1.01. The lowest BCUT2D eigenvalue weighted by Gasteiger charge is -2.09. The summed E-state index contributed by atoms with van der Waals surface area (Å²) in [4.78, 5) is 10.7. The van der Waals surface area contributed by atoms with E-state index in [0.29, 0.717) is 19.6 Å². The van der Waals surface area contributed by atoms with Gasteiger partial charge in [0.05, 0.1) is 0 Å². The number of rotatable bonds is 6. The monoisotopic (exact) mass is 169 g/mol. The van der Waals surface area contributed by atoms with Crippen LogP contribution >= 0.6 is 0 Å². The molecule has 0 aromatic carbocycles. The summed E-state index contributed by atoms with van der Waals surface area (Å²) in [5.41, 5.74) is 5.13. The van der Waals surface area contributed by atoms with Crippen LogP contribution in [0.4, 0.5) is 0 Å². The minimum absolute atomic E-state index is 0.0808. The van der Waals surface area contributed by atoms with Crippen molar-refractivity contribution in [2.75, 3.05) is 13.2 Å². The molecule has 0 aromatic heterocycles. The lowest BCUT2D eigenvalue weighted by molar-refractivity contribution is -0.122. The topological polar surface area (TPSA) is 52.3 Å². The molecule has 0 heterocycles. The highest BCUT2D eigenvalue weighted by Crippen LogP contribution is 2.06. The third-order valence-electron chi connectivity index (χ3n) is 1.69. The molecule has 1 unspecified atom stereocenters. The van der Waals surface area contributed by atoms with Crippen molar-refractivity contribution in [3.8, 4) is 12.3 Å². The van der Waals surface area contributed by atoms with Crippen molar-refractivity contribution < 1.29 is 9.53 Å². The second-order valence-electron chi connectivity index (χ2n) is 2.55. The van der Waals surface area contributed by atoms with Crippen LogP contribution in [-0.4, -0.2) is 19.1 Å². The fourth-order valence-corrected chi connectivity index (χ4v) is 0.904. The second kappa shape index (κ2) is 6.68. The molecule has 0 saturated heterocycles. The van der Waals surface area contributed by atoms with Crippen molar-refractivity contribution in [3.63, 3.8) is 0 Å². The molecule has 0 saturated carbocycles. The standard InChI is InChI=1S/C9H15NO2/c1-3-6-12-7-5-8(4-2)9(10)11/h1,8H,4-7H2,2H3,(H2,10,11). The van der Waals surface area contributed by atoms with E-state index in [1.807, 2.05) is 6.92 Å². The molecule has 1 amide bonds. The molecule has 12 heavy (non-hydrogen) atoms. The molecular weight excluding hydrogens is 154 g/mol. The molecule has 0 aliphatic rings. The molecule has 0 aliphatic carbocycles. The molecule has 1 atom stereocenters. The van der Waals surface area contributed by atoms with Crippen molar-refractivity contribution >= 4 is 5.91 Å². The molecule has 68 valence electrons. The summed E-state index contributed by atoms with van der Waals surface area (Å²) in [5.74, 6) is 2.01. The van der Waals surface area contributed by atoms with Gasteiger partial charge in [0.1, 0.15) is 6.61 Å². The van der Waals surface area contributed by atoms with Crippen molar-refractivity contribution in [1.82, 2.24) is 0 Å². The van der Waals surface area contributed by atoms with Crippen molar-refractivity contribution in [2.45, 2.75) is 19.8 Å². The van der Waals surface area contributed by atoms with Crippen LogP contribution in [0.15, 0.2) is 0 Å². The Morgan fingerprint density at radius 3 is 2.83 bits per heavy atom. The van der Waals surface area contributed by atoms with E-state index in [4.69, 9.17) is 16.9 Å². The highest BCUT2D eigenvalue weighted by molar-refractivity contribution is 5.76. The molecule has 0 bridgehead atoms. The number of carbonyl (C=O) groups is 1. The number of primary amides is 1. The Kier molecular flexibility index (Phi) is 6.12. The van der Waals surface area contributed by atoms with E-state index in [2.05, 4.69) is 5.92 Å². The fourth-order valence-electron chi connectivity index (χ4n) is 0.904. The van der Waals surface area contributed by atoms with Gasteiger partial charge in [0.2, 0.25) is 5.91 Å².